The molecule has 0 amide bonds. The van der Waals surface area contributed by atoms with Crippen molar-refractivity contribution in [2.24, 2.45) is 0 Å². The minimum absolute atomic E-state index is 0.104. The summed E-state index contributed by atoms with van der Waals surface area (Å²) >= 11 is 0.798. The van der Waals surface area contributed by atoms with Gasteiger partial charge in [-0.3, -0.25) is 0 Å². The third-order valence-corrected chi connectivity index (χ3v) is 3.91. The summed E-state index contributed by atoms with van der Waals surface area (Å²) < 4.78 is 112. The Morgan fingerprint density at radius 2 is 1.95 bits per heavy atom. The van der Waals surface area contributed by atoms with Crippen LogP contribution in [0.1, 0.15) is 30.3 Å². The van der Waals surface area contributed by atoms with Crippen LogP contribution in [-0.4, -0.2) is 26.0 Å². The second-order valence-corrected chi connectivity index (χ2v) is 5.30. The van der Waals surface area contributed by atoms with Crippen molar-refractivity contribution in [1.29, 1.82) is 0 Å². The molecule has 0 radical (unpaired) electrons. The molecule has 1 heterocycles. The number of benzene rings is 2. The molecule has 2 nitrogen and oxygen atoms in total. The predicted octanol–water partition coefficient (Wildman–Crippen LogP) is 3.86. The van der Waals surface area contributed by atoms with Gasteiger partial charge in [0.25, 0.3) is 0 Å². The molecule has 1 aliphatic heterocycles. The molecule has 1 N–H and O–H groups in total. The topological polar surface area (TPSA) is 15.3 Å². The second kappa shape index (κ2) is 6.54. The first-order valence-corrected chi connectivity index (χ1v) is 6.96. The van der Waals surface area contributed by atoms with Gasteiger partial charge in [0, 0.05) is 49.5 Å². The van der Waals surface area contributed by atoms with Gasteiger partial charge in [0.1, 0.15) is 0 Å². The first kappa shape index (κ1) is 5.32. The van der Waals surface area contributed by atoms with Crippen LogP contribution in [0.15, 0.2) is 52.3 Å². The van der Waals surface area contributed by atoms with E-state index < -0.39 is 39.7 Å². The summed E-state index contributed by atoms with van der Waals surface area (Å²) in [5.74, 6) is 0. The first-order chi connectivity index (χ1) is 15.6. The lowest BCUT2D eigenvalue weighted by molar-refractivity contribution is 0.587. The third-order valence-electron chi connectivity index (χ3n) is 2.77. The van der Waals surface area contributed by atoms with E-state index >= 15 is 0 Å². The van der Waals surface area contributed by atoms with E-state index in [-0.39, 0.29) is 26.6 Å². The van der Waals surface area contributed by atoms with Gasteiger partial charge in [-0.2, -0.15) is 0 Å². The summed E-state index contributed by atoms with van der Waals surface area (Å²) in [6.45, 7) is -17.4. The maximum atomic E-state index is 8.36. The van der Waals surface area contributed by atoms with Gasteiger partial charge in [0.05, 0.1) is 11.2 Å². The fourth-order valence-corrected chi connectivity index (χ4v) is 2.77. The van der Waals surface area contributed by atoms with Crippen LogP contribution in [0, 0.1) is 13.7 Å². The van der Waals surface area contributed by atoms with E-state index in [1.54, 1.807) is 5.32 Å². The van der Waals surface area contributed by atoms with Crippen molar-refractivity contribution in [1.82, 2.24) is 5.32 Å². The Morgan fingerprint density at radius 3 is 2.76 bits per heavy atom. The Kier molecular flexibility index (Phi) is 1.66. The lowest BCUT2D eigenvalue weighted by Crippen LogP contribution is -2.43. The van der Waals surface area contributed by atoms with Gasteiger partial charge < -0.3 is 10.2 Å². The monoisotopic (exact) mass is 312 g/mol. The van der Waals surface area contributed by atoms with Gasteiger partial charge in [-0.25, -0.2) is 0 Å². The molecule has 21 heavy (non-hydrogen) atoms. The molecule has 3 heteroatoms. The van der Waals surface area contributed by atoms with Gasteiger partial charge in [0.15, 0.2) is 0 Å². The third kappa shape index (κ3) is 3.42. The van der Waals surface area contributed by atoms with Gasteiger partial charge >= 0.3 is 0 Å². The Bertz CT molecular complexity index is 1080. The number of nitrogens with one attached hydrogen (secondary N) is 1. The zero-order chi connectivity index (χ0) is 26.8. The molecule has 1 aliphatic rings. The van der Waals surface area contributed by atoms with E-state index in [1.807, 2.05) is 0 Å². The minimum Gasteiger partial charge on any atom is -0.368 e. The van der Waals surface area contributed by atoms with E-state index in [0.29, 0.717) is 4.90 Å². The van der Waals surface area contributed by atoms with Crippen LogP contribution in [0.3, 0.4) is 0 Å². The number of rotatable bonds is 3. The average Bonchev–Trinajstić information content (AvgIpc) is 2.66. The van der Waals surface area contributed by atoms with Crippen molar-refractivity contribution in [3.63, 3.8) is 0 Å². The number of aryl methyl sites for hydroxylation is 2. The summed E-state index contributed by atoms with van der Waals surface area (Å²) in [6, 6.07) is 9.25. The summed E-state index contributed by atoms with van der Waals surface area (Å²) in [6.07, 6.45) is 0. The van der Waals surface area contributed by atoms with Crippen LogP contribution in [0.2, 0.25) is 0 Å². The molecule has 2 aromatic carbocycles. The summed E-state index contributed by atoms with van der Waals surface area (Å²) in [5, 5.41) is 1.77. The van der Waals surface area contributed by atoms with E-state index in [1.165, 1.54) is 36.4 Å². The van der Waals surface area contributed by atoms with E-state index in [4.69, 9.17) is 19.2 Å². The molecular formula is C18H22N2S. The number of nitrogens with zero attached hydrogens (tertiary/aromatic N) is 1. The molecule has 1 fully saturated rings. The van der Waals surface area contributed by atoms with Crippen LogP contribution < -0.4 is 10.2 Å². The summed E-state index contributed by atoms with van der Waals surface area (Å²) in [7, 11) is 0. The summed E-state index contributed by atoms with van der Waals surface area (Å²) in [4.78, 5) is 0.596. The zero-order valence-electron chi connectivity index (χ0n) is 24.9. The molecule has 0 bridgehead atoms. The molecule has 0 aromatic heterocycles. The Morgan fingerprint density at radius 1 is 1.10 bits per heavy atom. The molecule has 0 atom stereocenters. The van der Waals surface area contributed by atoms with E-state index in [0.717, 1.165) is 17.8 Å². The fourth-order valence-electron chi connectivity index (χ4n) is 1.81. The highest BCUT2D eigenvalue weighted by Gasteiger charge is 2.14. The van der Waals surface area contributed by atoms with Crippen molar-refractivity contribution in [3.05, 3.63) is 53.6 Å². The predicted molar refractivity (Wildman–Crippen MR) is 91.6 cm³/mol. The Labute approximate surface area is 151 Å². The Balaban J connectivity index is 2.20. The lowest BCUT2D eigenvalue weighted by atomic mass is 10.2. The van der Waals surface area contributed by atoms with Gasteiger partial charge in [-0.1, -0.05) is 41.6 Å². The molecule has 0 saturated carbocycles. The van der Waals surface area contributed by atoms with Crippen LogP contribution in [-0.2, 0) is 0 Å². The van der Waals surface area contributed by atoms with Gasteiger partial charge in [-0.05, 0) is 37.5 Å². The molecule has 110 valence electrons. The van der Waals surface area contributed by atoms with Gasteiger partial charge in [0.2, 0.25) is 0 Å². The molecule has 3 rings (SSSR count). The maximum Gasteiger partial charge on any atom is 0.0508 e. The molecule has 0 unspecified atom stereocenters. The van der Waals surface area contributed by atoms with Crippen molar-refractivity contribution in [3.8, 4) is 0 Å². The van der Waals surface area contributed by atoms with Crippen LogP contribution in [0.4, 0.5) is 5.69 Å². The normalized spacial score (nSPS) is 35.9. The highest BCUT2D eigenvalue weighted by atomic mass is 32.2. The Hall–Kier alpha value is -1.45. The van der Waals surface area contributed by atoms with Crippen molar-refractivity contribution in [2.45, 2.75) is 23.5 Å². The largest absolute Gasteiger partial charge is 0.368 e. The zero-order valence-corrected chi connectivity index (χ0v) is 11.7. The lowest BCUT2D eigenvalue weighted by Gasteiger charge is -2.31. The van der Waals surface area contributed by atoms with Crippen LogP contribution in [0.5, 0.6) is 0 Å². The van der Waals surface area contributed by atoms with E-state index in [2.05, 4.69) is 0 Å². The van der Waals surface area contributed by atoms with E-state index in [9.17, 15) is 0 Å². The fraction of sp³-hybridized carbons (Fsp3) is 0.333. The van der Waals surface area contributed by atoms with Crippen molar-refractivity contribution < 1.29 is 19.2 Å². The summed E-state index contributed by atoms with van der Waals surface area (Å²) in [5.41, 5.74) is -0.668. The number of hydrogen-bond acceptors (Lipinski definition) is 3. The average molecular weight is 313 g/mol. The highest BCUT2D eigenvalue weighted by molar-refractivity contribution is 7.99. The van der Waals surface area contributed by atoms with Crippen molar-refractivity contribution in [2.75, 3.05) is 30.9 Å². The maximum absolute atomic E-state index is 8.36. The second-order valence-electron chi connectivity index (χ2n) is 4.21. The number of para-hydroxylation sites is 1. The molecule has 0 spiro atoms. The smallest absolute Gasteiger partial charge is 0.0508 e. The van der Waals surface area contributed by atoms with Gasteiger partial charge in [-0.15, -0.1) is 0 Å². The number of anilines is 1. The molecule has 1 saturated heterocycles. The van der Waals surface area contributed by atoms with Crippen molar-refractivity contribution >= 4 is 17.4 Å². The van der Waals surface area contributed by atoms with Crippen LogP contribution in [0.25, 0.3) is 0 Å². The quantitative estimate of drug-likeness (QED) is 0.926. The number of hydrogen-bond donors (Lipinski definition) is 1. The molecule has 0 aliphatic carbocycles. The molecular weight excluding hydrogens is 276 g/mol. The molecule has 2 aromatic rings. The minimum atomic E-state index is -3.07. The first-order valence-electron chi connectivity index (χ1n) is 13.1. The SMILES string of the molecule is [2H]C([2H])([2H])c1ccc(Sc2ccccc2N2C([2H])([2H])C([2H])([2H])NC([2H])([2H])C2([2H])[2H])c(C([2H])([2H])[2H])c1. The highest BCUT2D eigenvalue weighted by Crippen LogP contribution is 2.37. The number of piperazine rings is 1. The van der Waals surface area contributed by atoms with Crippen LogP contribution >= 0.6 is 11.8 Å². The standard InChI is InChI=1S/C18H22N2S/c1-14-7-8-17(15(2)13-14)21-18-6-4-3-5-16(18)20-11-9-19-10-12-20/h3-8,13,19H,9-12H2,1-2H3/i1D3,2D3,9D2,10D2,11D2,12D2.